The van der Waals surface area contributed by atoms with Gasteiger partial charge in [-0.2, -0.15) is 0 Å². The van der Waals surface area contributed by atoms with Gasteiger partial charge in [-0.25, -0.2) is 4.99 Å². The molecule has 2 aliphatic heterocycles. The molecule has 0 saturated carbocycles. The maximum absolute atomic E-state index is 11.7. The van der Waals surface area contributed by atoms with Crippen molar-refractivity contribution in [2.75, 3.05) is 11.9 Å². The second-order valence-electron chi connectivity index (χ2n) is 5.97. The van der Waals surface area contributed by atoms with Crippen molar-refractivity contribution in [3.8, 4) is 5.75 Å². The Morgan fingerprint density at radius 2 is 2.08 bits per heavy atom. The summed E-state index contributed by atoms with van der Waals surface area (Å²) >= 11 is 1.53. The molecule has 2 aromatic carbocycles. The lowest BCUT2D eigenvalue weighted by atomic mass is 9.95. The number of nitrogens with two attached hydrogens (primary N) is 1. The van der Waals surface area contributed by atoms with Crippen LogP contribution in [-0.4, -0.2) is 17.7 Å². The van der Waals surface area contributed by atoms with E-state index in [-0.39, 0.29) is 17.8 Å². The zero-order valence-electron chi connectivity index (χ0n) is 13.7. The van der Waals surface area contributed by atoms with Gasteiger partial charge in [-0.15, -0.1) is 0 Å². The molecule has 1 atom stereocenters. The van der Waals surface area contributed by atoms with Crippen LogP contribution in [0.15, 0.2) is 53.7 Å². The van der Waals surface area contributed by atoms with E-state index in [1.807, 2.05) is 37.4 Å². The zero-order valence-corrected chi connectivity index (χ0v) is 14.5. The highest BCUT2D eigenvalue weighted by molar-refractivity contribution is 8.14. The van der Waals surface area contributed by atoms with E-state index in [0.29, 0.717) is 10.9 Å². The number of nitrogens with zero attached hydrogens (tertiary/aromatic N) is 1. The quantitative estimate of drug-likeness (QED) is 0.868. The number of aliphatic imine (C=N–C) groups is 1. The number of benzene rings is 2. The molecule has 0 bridgehead atoms. The molecule has 2 aliphatic rings. The lowest BCUT2D eigenvalue weighted by Crippen LogP contribution is -2.26. The molecule has 1 amide bonds. The van der Waals surface area contributed by atoms with Crippen molar-refractivity contribution in [3.63, 3.8) is 0 Å². The summed E-state index contributed by atoms with van der Waals surface area (Å²) in [5.41, 5.74) is 10.8. The standard InChI is InChI=1S/C19H17N3O2S/c1-11-7-13(8-15-17(11)24-10-16(23)22-15)14-9-21-19(20)25-18(14)12-5-3-2-4-6-12/h2-9,18H,10H2,1H3,(H2,20,21)(H,22,23). The Bertz CT molecular complexity index is 906. The first-order valence-corrected chi connectivity index (χ1v) is 8.82. The Morgan fingerprint density at radius 1 is 1.28 bits per heavy atom. The van der Waals surface area contributed by atoms with Crippen LogP contribution in [0.5, 0.6) is 5.75 Å². The van der Waals surface area contributed by atoms with Gasteiger partial charge in [0.1, 0.15) is 5.75 Å². The number of aryl methyl sites for hydroxylation is 1. The molecule has 25 heavy (non-hydrogen) atoms. The van der Waals surface area contributed by atoms with Gasteiger partial charge in [-0.3, -0.25) is 4.79 Å². The maximum Gasteiger partial charge on any atom is 0.262 e. The summed E-state index contributed by atoms with van der Waals surface area (Å²) in [5.74, 6) is 0.588. The van der Waals surface area contributed by atoms with Crippen LogP contribution in [0.2, 0.25) is 0 Å². The molecular formula is C19H17N3O2S. The Morgan fingerprint density at radius 3 is 2.88 bits per heavy atom. The Balaban J connectivity index is 1.80. The molecule has 0 aromatic heterocycles. The number of carbonyl (C=O) groups is 1. The monoisotopic (exact) mass is 351 g/mol. The number of hydrogen-bond donors (Lipinski definition) is 2. The van der Waals surface area contributed by atoms with Crippen molar-refractivity contribution in [2.45, 2.75) is 12.2 Å². The predicted molar refractivity (Wildman–Crippen MR) is 102 cm³/mol. The fourth-order valence-electron chi connectivity index (χ4n) is 3.07. The molecule has 0 radical (unpaired) electrons. The average Bonchev–Trinajstić information content (AvgIpc) is 2.62. The first kappa shape index (κ1) is 15.8. The second kappa shape index (κ2) is 6.29. The molecule has 0 saturated heterocycles. The van der Waals surface area contributed by atoms with Gasteiger partial charge in [0.05, 0.1) is 10.9 Å². The molecular weight excluding hydrogens is 334 g/mol. The molecule has 0 spiro atoms. The number of fused-ring (bicyclic) bond motifs is 1. The third kappa shape index (κ3) is 3.00. The van der Waals surface area contributed by atoms with Crippen LogP contribution in [0, 0.1) is 6.92 Å². The van der Waals surface area contributed by atoms with E-state index in [2.05, 4.69) is 28.5 Å². The maximum atomic E-state index is 11.7. The van der Waals surface area contributed by atoms with Gasteiger partial charge in [0, 0.05) is 6.20 Å². The van der Waals surface area contributed by atoms with Crippen LogP contribution in [0.3, 0.4) is 0 Å². The lowest BCUT2D eigenvalue weighted by Gasteiger charge is -2.26. The van der Waals surface area contributed by atoms with Crippen molar-refractivity contribution in [1.29, 1.82) is 0 Å². The summed E-state index contributed by atoms with van der Waals surface area (Å²) in [5, 5.41) is 3.48. The minimum atomic E-state index is -0.141. The highest BCUT2D eigenvalue weighted by atomic mass is 32.2. The van der Waals surface area contributed by atoms with Crippen LogP contribution in [0.25, 0.3) is 5.57 Å². The first-order chi connectivity index (χ1) is 12.1. The van der Waals surface area contributed by atoms with Crippen molar-refractivity contribution in [1.82, 2.24) is 0 Å². The number of rotatable bonds is 2. The van der Waals surface area contributed by atoms with Crippen LogP contribution in [0.4, 0.5) is 5.69 Å². The molecule has 1 unspecified atom stereocenters. The topological polar surface area (TPSA) is 76.7 Å². The van der Waals surface area contributed by atoms with Crippen molar-refractivity contribution in [2.24, 2.45) is 10.7 Å². The third-order valence-corrected chi connectivity index (χ3v) is 5.29. The van der Waals surface area contributed by atoms with E-state index in [4.69, 9.17) is 10.5 Å². The van der Waals surface area contributed by atoms with E-state index >= 15 is 0 Å². The number of thioether (sulfide) groups is 1. The molecule has 4 rings (SSSR count). The second-order valence-corrected chi connectivity index (χ2v) is 7.09. The van der Waals surface area contributed by atoms with Crippen molar-refractivity contribution in [3.05, 3.63) is 65.4 Å². The minimum Gasteiger partial charge on any atom is -0.481 e. The summed E-state index contributed by atoms with van der Waals surface area (Å²) in [6.07, 6.45) is 1.82. The van der Waals surface area contributed by atoms with Gasteiger partial charge in [0.15, 0.2) is 11.8 Å². The molecule has 6 heteroatoms. The van der Waals surface area contributed by atoms with Crippen LogP contribution < -0.4 is 15.8 Å². The summed E-state index contributed by atoms with van der Waals surface area (Å²) in [4.78, 5) is 16.0. The van der Waals surface area contributed by atoms with E-state index in [1.54, 1.807) is 0 Å². The highest BCUT2D eigenvalue weighted by Gasteiger charge is 2.26. The fraction of sp³-hybridized carbons (Fsp3) is 0.158. The van der Waals surface area contributed by atoms with E-state index in [0.717, 1.165) is 28.0 Å². The fourth-order valence-corrected chi connectivity index (χ4v) is 4.04. The van der Waals surface area contributed by atoms with Crippen LogP contribution in [-0.2, 0) is 4.79 Å². The highest BCUT2D eigenvalue weighted by Crippen LogP contribution is 2.45. The van der Waals surface area contributed by atoms with Gasteiger partial charge in [-0.1, -0.05) is 42.1 Å². The Hall–Kier alpha value is -2.73. The number of anilines is 1. The van der Waals surface area contributed by atoms with Gasteiger partial charge in [0.2, 0.25) is 0 Å². The molecule has 126 valence electrons. The number of amides is 1. The van der Waals surface area contributed by atoms with Gasteiger partial charge >= 0.3 is 0 Å². The largest absolute Gasteiger partial charge is 0.481 e. The Kier molecular flexibility index (Phi) is 3.97. The first-order valence-electron chi connectivity index (χ1n) is 7.94. The number of nitrogens with one attached hydrogen (secondary N) is 1. The van der Waals surface area contributed by atoms with E-state index < -0.39 is 0 Å². The molecule has 0 aliphatic carbocycles. The van der Waals surface area contributed by atoms with E-state index in [1.165, 1.54) is 11.8 Å². The average molecular weight is 351 g/mol. The normalized spacial score (nSPS) is 19.2. The van der Waals surface area contributed by atoms with Gasteiger partial charge < -0.3 is 15.8 Å². The number of amidine groups is 1. The number of hydrogen-bond acceptors (Lipinski definition) is 5. The lowest BCUT2D eigenvalue weighted by molar-refractivity contribution is -0.118. The summed E-state index contributed by atoms with van der Waals surface area (Å²) in [6.45, 7) is 2.03. The van der Waals surface area contributed by atoms with Crippen LogP contribution >= 0.6 is 11.8 Å². The third-order valence-electron chi connectivity index (χ3n) is 4.18. The van der Waals surface area contributed by atoms with Crippen molar-refractivity contribution < 1.29 is 9.53 Å². The molecule has 3 N–H and O–H groups in total. The molecule has 2 heterocycles. The SMILES string of the molecule is Cc1cc(C2=CN=C(N)SC2c2ccccc2)cc2c1OCC(=O)N2. The van der Waals surface area contributed by atoms with Gasteiger partial charge in [-0.05, 0) is 41.3 Å². The summed E-state index contributed by atoms with van der Waals surface area (Å²) in [7, 11) is 0. The molecule has 0 fully saturated rings. The summed E-state index contributed by atoms with van der Waals surface area (Å²) in [6, 6.07) is 14.2. The predicted octanol–water partition coefficient (Wildman–Crippen LogP) is 3.47. The van der Waals surface area contributed by atoms with Gasteiger partial charge in [0.25, 0.3) is 5.91 Å². The minimum absolute atomic E-state index is 0.0522. The molecule has 2 aromatic rings. The van der Waals surface area contributed by atoms with Crippen LogP contribution in [0.1, 0.15) is 21.9 Å². The Labute approximate surface area is 150 Å². The van der Waals surface area contributed by atoms with Crippen molar-refractivity contribution >= 4 is 34.1 Å². The zero-order chi connectivity index (χ0) is 17.4. The number of ether oxygens (including phenoxy) is 1. The number of carbonyl (C=O) groups excluding carboxylic acids is 1. The molecule has 5 nitrogen and oxygen atoms in total. The van der Waals surface area contributed by atoms with E-state index in [9.17, 15) is 4.79 Å². The summed E-state index contributed by atoms with van der Waals surface area (Å²) < 4.78 is 5.55. The smallest absolute Gasteiger partial charge is 0.262 e.